The largest absolute Gasteiger partial charge is 0.494 e. The summed E-state index contributed by atoms with van der Waals surface area (Å²) in [5, 5.41) is 5.31. The number of anilines is 1. The Bertz CT molecular complexity index is 628. The van der Waals surface area contributed by atoms with Gasteiger partial charge >= 0.3 is 0 Å². The molecular formula is C20H32N4O3. The van der Waals surface area contributed by atoms with Crippen molar-refractivity contribution in [3.8, 4) is 5.75 Å². The summed E-state index contributed by atoms with van der Waals surface area (Å²) < 4.78 is 5.78. The summed E-state index contributed by atoms with van der Waals surface area (Å²) in [4.78, 5) is 26.4. The first-order chi connectivity index (χ1) is 13.0. The van der Waals surface area contributed by atoms with E-state index < -0.39 is 0 Å². The van der Waals surface area contributed by atoms with Crippen molar-refractivity contribution >= 4 is 17.5 Å². The van der Waals surface area contributed by atoms with Gasteiger partial charge in [0.05, 0.1) is 18.7 Å². The predicted octanol–water partition coefficient (Wildman–Crippen LogP) is 1.78. The number of nitrogens with zero attached hydrogens (tertiary/aromatic N) is 1. The number of ether oxygens (including phenoxy) is 1. The summed E-state index contributed by atoms with van der Waals surface area (Å²) in [5.74, 6) is -0.00756. The molecule has 1 aromatic carbocycles. The Morgan fingerprint density at radius 2 is 1.96 bits per heavy atom. The molecule has 1 saturated heterocycles. The average Bonchev–Trinajstić information content (AvgIpc) is 2.65. The molecule has 7 heteroatoms. The first-order valence-electron chi connectivity index (χ1n) is 9.78. The Hall–Kier alpha value is -2.28. The number of carbonyl (C=O) groups excluding carboxylic acids is 2. The van der Waals surface area contributed by atoms with Gasteiger partial charge < -0.3 is 26.0 Å². The van der Waals surface area contributed by atoms with Gasteiger partial charge in [0.2, 0.25) is 5.91 Å². The van der Waals surface area contributed by atoms with Crippen molar-refractivity contribution in [3.05, 3.63) is 23.8 Å². The van der Waals surface area contributed by atoms with E-state index in [4.69, 9.17) is 10.5 Å². The van der Waals surface area contributed by atoms with Gasteiger partial charge in [-0.15, -0.1) is 0 Å². The molecule has 0 saturated carbocycles. The molecular weight excluding hydrogens is 344 g/mol. The summed E-state index contributed by atoms with van der Waals surface area (Å²) in [6.07, 6.45) is 4.85. The summed E-state index contributed by atoms with van der Waals surface area (Å²) in [7, 11) is 0. The molecule has 0 spiro atoms. The van der Waals surface area contributed by atoms with Crippen molar-refractivity contribution in [1.29, 1.82) is 0 Å². The molecule has 1 heterocycles. The van der Waals surface area contributed by atoms with Crippen LogP contribution in [-0.2, 0) is 4.79 Å². The summed E-state index contributed by atoms with van der Waals surface area (Å²) in [6.45, 7) is 7.63. The number of piperidine rings is 1. The smallest absolute Gasteiger partial charge is 0.253 e. The number of amides is 2. The molecule has 150 valence electrons. The van der Waals surface area contributed by atoms with Gasteiger partial charge in [0.1, 0.15) is 5.75 Å². The second kappa shape index (κ2) is 10.8. The van der Waals surface area contributed by atoms with E-state index in [0.717, 1.165) is 13.0 Å². The number of nitrogen functional groups attached to an aromatic ring is 1. The van der Waals surface area contributed by atoms with E-state index in [1.54, 1.807) is 18.2 Å². The van der Waals surface area contributed by atoms with Crippen molar-refractivity contribution in [3.63, 3.8) is 0 Å². The van der Waals surface area contributed by atoms with E-state index in [0.29, 0.717) is 23.6 Å². The number of hydrogen-bond donors (Lipinski definition) is 3. The summed E-state index contributed by atoms with van der Waals surface area (Å²) in [5.41, 5.74) is 6.59. The molecule has 27 heavy (non-hydrogen) atoms. The molecule has 4 N–H and O–H groups in total. The molecule has 1 fully saturated rings. The topological polar surface area (TPSA) is 96.7 Å². The van der Waals surface area contributed by atoms with Gasteiger partial charge in [-0.3, -0.25) is 9.59 Å². The number of nitrogens with two attached hydrogens (primary N) is 1. The van der Waals surface area contributed by atoms with Gasteiger partial charge in [-0.25, -0.2) is 0 Å². The lowest BCUT2D eigenvalue weighted by Crippen LogP contribution is -2.39. The second-order valence-electron chi connectivity index (χ2n) is 7.26. The minimum Gasteiger partial charge on any atom is -0.494 e. The maximum absolute atomic E-state index is 12.3. The SMILES string of the molecule is CC(C)NC(=O)CNC(=O)c1cc(OCCCN2CCCCC2)ccc1N. The van der Waals surface area contributed by atoms with Crippen molar-refractivity contribution in [2.45, 2.75) is 45.6 Å². The van der Waals surface area contributed by atoms with E-state index in [1.165, 1.54) is 32.4 Å². The molecule has 0 aromatic heterocycles. The fourth-order valence-corrected chi connectivity index (χ4v) is 3.11. The maximum Gasteiger partial charge on any atom is 0.253 e. The van der Waals surface area contributed by atoms with E-state index >= 15 is 0 Å². The van der Waals surface area contributed by atoms with Crippen molar-refractivity contribution in [2.75, 3.05) is 38.5 Å². The lowest BCUT2D eigenvalue weighted by molar-refractivity contribution is -0.120. The Morgan fingerprint density at radius 3 is 2.67 bits per heavy atom. The quantitative estimate of drug-likeness (QED) is 0.451. The highest BCUT2D eigenvalue weighted by Crippen LogP contribution is 2.20. The van der Waals surface area contributed by atoms with Crippen molar-refractivity contribution < 1.29 is 14.3 Å². The Kier molecular flexibility index (Phi) is 8.39. The lowest BCUT2D eigenvalue weighted by atomic mass is 10.1. The first kappa shape index (κ1) is 21.0. The van der Waals surface area contributed by atoms with Gasteiger partial charge in [-0.1, -0.05) is 6.42 Å². The molecule has 2 rings (SSSR count). The van der Waals surface area contributed by atoms with Crippen LogP contribution in [0.2, 0.25) is 0 Å². The third-order valence-corrected chi connectivity index (χ3v) is 4.46. The summed E-state index contributed by atoms with van der Waals surface area (Å²) >= 11 is 0. The minimum atomic E-state index is -0.384. The summed E-state index contributed by atoms with van der Waals surface area (Å²) in [6, 6.07) is 5.08. The fourth-order valence-electron chi connectivity index (χ4n) is 3.11. The van der Waals surface area contributed by atoms with Gasteiger partial charge in [0.25, 0.3) is 5.91 Å². The fraction of sp³-hybridized carbons (Fsp3) is 0.600. The number of nitrogens with one attached hydrogen (secondary N) is 2. The van der Waals surface area contributed by atoms with E-state index in [2.05, 4.69) is 15.5 Å². The predicted molar refractivity (Wildman–Crippen MR) is 107 cm³/mol. The van der Waals surface area contributed by atoms with Crippen molar-refractivity contribution in [2.24, 2.45) is 0 Å². The highest BCUT2D eigenvalue weighted by Gasteiger charge is 2.13. The van der Waals surface area contributed by atoms with Crippen LogP contribution in [0.25, 0.3) is 0 Å². The second-order valence-corrected chi connectivity index (χ2v) is 7.26. The molecule has 2 amide bonds. The van der Waals surface area contributed by atoms with Gasteiger partial charge in [-0.2, -0.15) is 0 Å². The van der Waals surface area contributed by atoms with Gasteiger partial charge in [-0.05, 0) is 64.4 Å². The Labute approximate surface area is 161 Å². The first-order valence-corrected chi connectivity index (χ1v) is 9.78. The van der Waals surface area contributed by atoms with Crippen LogP contribution < -0.4 is 21.1 Å². The maximum atomic E-state index is 12.3. The zero-order valence-corrected chi connectivity index (χ0v) is 16.4. The van der Waals surface area contributed by atoms with E-state index in [9.17, 15) is 9.59 Å². The molecule has 0 atom stereocenters. The van der Waals surface area contributed by atoms with Crippen LogP contribution >= 0.6 is 0 Å². The standard InChI is InChI=1S/C20H32N4O3/c1-15(2)23-19(25)14-22-20(26)17-13-16(7-8-18(17)21)27-12-6-11-24-9-4-3-5-10-24/h7-8,13,15H,3-6,9-12,14,21H2,1-2H3,(H,22,26)(H,23,25). The third-order valence-electron chi connectivity index (χ3n) is 4.46. The van der Waals surface area contributed by atoms with E-state index in [1.807, 2.05) is 13.8 Å². The monoisotopic (exact) mass is 376 g/mol. The Balaban J connectivity index is 1.79. The number of likely N-dealkylation sites (tertiary alicyclic amines) is 1. The van der Waals surface area contributed by atoms with Crippen LogP contribution in [0.3, 0.4) is 0 Å². The normalized spacial score (nSPS) is 14.8. The highest BCUT2D eigenvalue weighted by atomic mass is 16.5. The number of benzene rings is 1. The average molecular weight is 377 g/mol. The minimum absolute atomic E-state index is 0.0288. The third kappa shape index (κ3) is 7.46. The molecule has 1 aliphatic rings. The lowest BCUT2D eigenvalue weighted by Gasteiger charge is -2.26. The van der Waals surface area contributed by atoms with Crippen LogP contribution in [0.5, 0.6) is 5.75 Å². The zero-order valence-electron chi connectivity index (χ0n) is 16.4. The van der Waals surface area contributed by atoms with Gasteiger partial charge in [0.15, 0.2) is 0 Å². The number of rotatable bonds is 9. The molecule has 0 radical (unpaired) electrons. The van der Waals surface area contributed by atoms with Crippen LogP contribution in [0.1, 0.15) is 49.9 Å². The molecule has 1 aromatic rings. The molecule has 0 bridgehead atoms. The highest BCUT2D eigenvalue weighted by molar-refractivity contribution is 6.01. The van der Waals surface area contributed by atoms with Gasteiger partial charge in [0, 0.05) is 18.3 Å². The van der Waals surface area contributed by atoms with Crippen LogP contribution in [0, 0.1) is 0 Å². The Morgan fingerprint density at radius 1 is 1.22 bits per heavy atom. The van der Waals surface area contributed by atoms with Crippen LogP contribution in [0.15, 0.2) is 18.2 Å². The number of hydrogen-bond acceptors (Lipinski definition) is 5. The van der Waals surface area contributed by atoms with Crippen LogP contribution in [0.4, 0.5) is 5.69 Å². The molecule has 0 unspecified atom stereocenters. The zero-order chi connectivity index (χ0) is 19.6. The van der Waals surface area contributed by atoms with Crippen molar-refractivity contribution in [1.82, 2.24) is 15.5 Å². The molecule has 7 nitrogen and oxygen atoms in total. The van der Waals surface area contributed by atoms with Crippen LogP contribution in [-0.4, -0.2) is 55.5 Å². The number of carbonyl (C=O) groups is 2. The molecule has 0 aliphatic carbocycles. The molecule has 1 aliphatic heterocycles. The van der Waals surface area contributed by atoms with E-state index in [-0.39, 0.29) is 24.4 Å².